The SMILES string of the molecule is C[CH]CCC.C[CH]CCC.O=C([O-])CCSSCCC(=O)[O-].[Sn+2]. The number of carboxylic acid groups (broad SMARTS) is 2. The predicted molar refractivity (Wildman–Crippen MR) is 99.7 cm³/mol. The van der Waals surface area contributed by atoms with E-state index in [2.05, 4.69) is 40.5 Å². The minimum absolute atomic E-state index is 0. The second-order valence-corrected chi connectivity index (χ2v) is 6.98. The minimum Gasteiger partial charge on any atom is -0.550 e. The molecule has 0 atom stereocenters. The first-order valence-electron chi connectivity index (χ1n) is 7.65. The summed E-state index contributed by atoms with van der Waals surface area (Å²) < 4.78 is 0. The number of unbranched alkanes of at least 4 members (excludes halogenated alkanes) is 4. The Morgan fingerprint density at radius 1 is 0.826 bits per heavy atom. The van der Waals surface area contributed by atoms with Gasteiger partial charge in [-0.15, -0.1) is 0 Å². The smallest absolute Gasteiger partial charge is 0.550 e. The van der Waals surface area contributed by atoms with Gasteiger partial charge >= 0.3 is 23.9 Å². The van der Waals surface area contributed by atoms with Crippen molar-refractivity contribution in [1.29, 1.82) is 0 Å². The van der Waals surface area contributed by atoms with Gasteiger partial charge in [0.05, 0.1) is 0 Å². The van der Waals surface area contributed by atoms with Gasteiger partial charge in [-0.3, -0.25) is 0 Å². The molecule has 0 spiro atoms. The number of rotatable bonds is 11. The Balaban J connectivity index is -0.000000137. The molecule has 134 valence electrons. The summed E-state index contributed by atoms with van der Waals surface area (Å²) in [6.07, 6.45) is 9.47. The van der Waals surface area contributed by atoms with Gasteiger partial charge in [0.15, 0.2) is 0 Å². The summed E-state index contributed by atoms with van der Waals surface area (Å²) in [4.78, 5) is 19.8. The van der Waals surface area contributed by atoms with Gasteiger partial charge in [0.1, 0.15) is 0 Å². The van der Waals surface area contributed by atoms with Gasteiger partial charge in [-0.05, 0) is 25.7 Å². The van der Waals surface area contributed by atoms with Crippen LogP contribution in [0.4, 0.5) is 0 Å². The third-order valence-corrected chi connectivity index (χ3v) is 4.43. The molecule has 0 unspecified atom stereocenters. The van der Waals surface area contributed by atoms with Crippen molar-refractivity contribution in [3.63, 3.8) is 0 Å². The molecule has 0 bridgehead atoms. The summed E-state index contributed by atoms with van der Waals surface area (Å²) >= 11 is 0. The minimum atomic E-state index is -1.08. The van der Waals surface area contributed by atoms with Gasteiger partial charge < -0.3 is 19.8 Å². The van der Waals surface area contributed by atoms with Crippen LogP contribution in [0.25, 0.3) is 0 Å². The molecule has 23 heavy (non-hydrogen) atoms. The fourth-order valence-electron chi connectivity index (χ4n) is 0.945. The largest absolute Gasteiger partial charge is 2.00 e. The molecule has 0 aliphatic carbocycles. The first kappa shape index (κ1) is 31.2. The van der Waals surface area contributed by atoms with E-state index in [0.717, 1.165) is 0 Å². The number of carboxylic acids is 2. The molecule has 0 aromatic heterocycles. The molecule has 7 heteroatoms. The monoisotopic (exact) mass is 470 g/mol. The predicted octanol–water partition coefficient (Wildman–Crippen LogP) is 2.29. The van der Waals surface area contributed by atoms with Gasteiger partial charge in [-0.2, -0.15) is 0 Å². The van der Waals surface area contributed by atoms with E-state index in [1.54, 1.807) is 0 Å². The molecule has 0 amide bonds. The van der Waals surface area contributed by atoms with Crippen molar-refractivity contribution in [2.45, 2.75) is 66.2 Å². The molecule has 0 aliphatic heterocycles. The zero-order valence-corrected chi connectivity index (χ0v) is 19.2. The molecule has 0 heterocycles. The Morgan fingerprint density at radius 2 is 1.13 bits per heavy atom. The van der Waals surface area contributed by atoms with Crippen molar-refractivity contribution >= 4 is 57.4 Å². The van der Waals surface area contributed by atoms with Crippen LogP contribution >= 0.6 is 21.6 Å². The zero-order chi connectivity index (χ0) is 17.6. The quantitative estimate of drug-likeness (QED) is 0.263. The first-order chi connectivity index (χ1) is 10.5. The Kier molecular flexibility index (Phi) is 41.2. The van der Waals surface area contributed by atoms with E-state index < -0.39 is 11.9 Å². The summed E-state index contributed by atoms with van der Waals surface area (Å²) in [5, 5.41) is 19.8. The Hall–Kier alpha value is 0.439. The third kappa shape index (κ3) is 51.9. The number of carbonyl (C=O) groups excluding carboxylic acids is 2. The maximum atomic E-state index is 9.90. The second kappa shape index (κ2) is 30.3. The Labute approximate surface area is 167 Å². The van der Waals surface area contributed by atoms with Crippen molar-refractivity contribution in [2.24, 2.45) is 0 Å². The van der Waals surface area contributed by atoms with E-state index in [9.17, 15) is 19.8 Å². The number of aliphatic carboxylic acids is 2. The van der Waals surface area contributed by atoms with Gasteiger partial charge in [0.2, 0.25) is 0 Å². The van der Waals surface area contributed by atoms with Crippen molar-refractivity contribution in [1.82, 2.24) is 0 Å². The number of hydrogen-bond acceptors (Lipinski definition) is 6. The molecule has 4 nitrogen and oxygen atoms in total. The molecule has 0 aromatic carbocycles. The van der Waals surface area contributed by atoms with Gasteiger partial charge in [-0.25, -0.2) is 0 Å². The fraction of sp³-hybridized carbons (Fsp3) is 0.750. The van der Waals surface area contributed by atoms with Crippen LogP contribution in [0.5, 0.6) is 0 Å². The Bertz CT molecular complexity index is 214. The summed E-state index contributed by atoms with van der Waals surface area (Å²) in [5.74, 6) is -1.27. The van der Waals surface area contributed by atoms with E-state index >= 15 is 0 Å². The van der Waals surface area contributed by atoms with Crippen molar-refractivity contribution in [2.75, 3.05) is 11.5 Å². The fourth-order valence-corrected chi connectivity index (χ4v) is 2.89. The summed E-state index contributed by atoms with van der Waals surface area (Å²) in [6, 6.07) is 0. The maximum Gasteiger partial charge on any atom is 2.00 e. The Morgan fingerprint density at radius 3 is 1.26 bits per heavy atom. The third-order valence-electron chi connectivity index (χ3n) is 2.02. The molecule has 0 aliphatic rings. The topological polar surface area (TPSA) is 80.3 Å². The van der Waals surface area contributed by atoms with Crippen molar-refractivity contribution < 1.29 is 19.8 Å². The zero-order valence-electron chi connectivity index (χ0n) is 14.8. The van der Waals surface area contributed by atoms with Gasteiger partial charge in [0.25, 0.3) is 0 Å². The van der Waals surface area contributed by atoms with Crippen LogP contribution in [0.3, 0.4) is 0 Å². The molecule has 0 aromatic rings. The van der Waals surface area contributed by atoms with Crippen LogP contribution in [-0.2, 0) is 9.59 Å². The maximum absolute atomic E-state index is 9.90. The molecular formula is C16H30O4S2Sn. The summed E-state index contributed by atoms with van der Waals surface area (Å²) in [6.45, 7) is 8.53. The average Bonchev–Trinajstić information content (AvgIpc) is 2.45. The van der Waals surface area contributed by atoms with Crippen molar-refractivity contribution in [3.05, 3.63) is 12.8 Å². The van der Waals surface area contributed by atoms with Crippen LogP contribution in [-0.4, -0.2) is 47.4 Å². The first-order valence-corrected chi connectivity index (χ1v) is 10.1. The van der Waals surface area contributed by atoms with E-state index in [1.807, 2.05) is 0 Å². The van der Waals surface area contributed by atoms with Crippen LogP contribution in [0, 0.1) is 12.8 Å². The molecule has 4 radical (unpaired) electrons. The van der Waals surface area contributed by atoms with E-state index in [-0.39, 0.29) is 36.7 Å². The van der Waals surface area contributed by atoms with E-state index in [4.69, 9.17) is 0 Å². The van der Waals surface area contributed by atoms with Crippen molar-refractivity contribution in [3.8, 4) is 0 Å². The standard InChI is InChI=1S/C6H10O4S2.2C5H11.Sn/c7-5(8)1-3-11-12-4-2-6(9)10;2*1-3-5-4-2;/h1-4H2,(H,7,8)(H,9,10);2*3H,4-5H2,1-2H3;/q;;;+2/p-2. The van der Waals surface area contributed by atoms with Gasteiger partial charge in [0, 0.05) is 23.4 Å². The molecule has 0 fully saturated rings. The van der Waals surface area contributed by atoms with E-state index in [0.29, 0.717) is 11.5 Å². The van der Waals surface area contributed by atoms with E-state index in [1.165, 1.54) is 47.3 Å². The molecule has 0 N–H and O–H groups in total. The summed E-state index contributed by atoms with van der Waals surface area (Å²) in [7, 11) is 2.66. The molecular weight excluding hydrogens is 439 g/mol. The number of hydrogen-bond donors (Lipinski definition) is 0. The normalized spacial score (nSPS) is 8.70. The van der Waals surface area contributed by atoms with Crippen LogP contribution in [0.1, 0.15) is 66.2 Å². The summed E-state index contributed by atoms with van der Waals surface area (Å²) in [5.41, 5.74) is 0. The van der Waals surface area contributed by atoms with Crippen LogP contribution in [0.15, 0.2) is 0 Å². The molecule has 0 saturated carbocycles. The molecule has 0 saturated heterocycles. The van der Waals surface area contributed by atoms with Crippen LogP contribution in [0.2, 0.25) is 0 Å². The second-order valence-electron chi connectivity index (χ2n) is 4.28. The molecule has 0 rings (SSSR count). The average molecular weight is 469 g/mol. The van der Waals surface area contributed by atoms with Gasteiger partial charge in [-0.1, -0.05) is 75.0 Å². The van der Waals surface area contributed by atoms with Crippen LogP contribution < -0.4 is 10.2 Å². The number of carbonyl (C=O) groups is 2.